The van der Waals surface area contributed by atoms with E-state index >= 15 is 0 Å². The Kier molecular flexibility index (Phi) is 4.42. The van der Waals surface area contributed by atoms with E-state index in [9.17, 15) is 4.39 Å². The number of furan rings is 1. The van der Waals surface area contributed by atoms with Gasteiger partial charge in [0.2, 0.25) is 0 Å². The average Bonchev–Trinajstić information content (AvgIpc) is 3.25. The third-order valence-corrected chi connectivity index (χ3v) is 4.76. The van der Waals surface area contributed by atoms with Gasteiger partial charge in [0, 0.05) is 11.9 Å². The molecule has 0 N–H and O–H groups in total. The molecule has 6 nitrogen and oxygen atoms in total. The van der Waals surface area contributed by atoms with Gasteiger partial charge < -0.3 is 4.42 Å². The molecule has 0 saturated heterocycles. The second-order valence-electron chi connectivity index (χ2n) is 6.23. The van der Waals surface area contributed by atoms with Gasteiger partial charge in [-0.05, 0) is 48.0 Å². The minimum atomic E-state index is -0.325. The first kappa shape index (κ1) is 16.7. The van der Waals surface area contributed by atoms with Crippen molar-refractivity contribution in [2.24, 2.45) is 5.92 Å². The van der Waals surface area contributed by atoms with Gasteiger partial charge in [-0.3, -0.25) is 4.57 Å². The van der Waals surface area contributed by atoms with Crippen LogP contribution in [0.25, 0.3) is 22.5 Å². The summed E-state index contributed by atoms with van der Waals surface area (Å²) >= 11 is 1.34. The molecule has 132 valence electrons. The van der Waals surface area contributed by atoms with Gasteiger partial charge in [-0.25, -0.2) is 14.4 Å². The van der Waals surface area contributed by atoms with E-state index in [2.05, 4.69) is 34.0 Å². The topological polar surface area (TPSA) is 69.6 Å². The monoisotopic (exact) mass is 369 g/mol. The van der Waals surface area contributed by atoms with Gasteiger partial charge >= 0.3 is 0 Å². The number of benzene rings is 1. The van der Waals surface area contributed by atoms with Crippen molar-refractivity contribution in [1.29, 1.82) is 0 Å². The lowest BCUT2D eigenvalue weighted by Crippen LogP contribution is -2.07. The summed E-state index contributed by atoms with van der Waals surface area (Å²) in [5.41, 5.74) is 0.685. The number of hydrogen-bond acceptors (Lipinski definition) is 6. The van der Waals surface area contributed by atoms with Crippen LogP contribution in [0.5, 0.6) is 0 Å². The highest BCUT2D eigenvalue weighted by atomic mass is 32.2. The molecule has 0 fully saturated rings. The fourth-order valence-corrected chi connectivity index (χ4v) is 3.55. The molecule has 0 aliphatic rings. The Balaban J connectivity index is 1.78. The molecule has 0 aliphatic heterocycles. The number of hydrogen-bond donors (Lipinski definition) is 0. The summed E-state index contributed by atoms with van der Waals surface area (Å²) < 4.78 is 21.2. The third-order valence-electron chi connectivity index (χ3n) is 3.75. The number of rotatable bonds is 5. The van der Waals surface area contributed by atoms with Crippen LogP contribution in [0, 0.1) is 11.7 Å². The summed E-state index contributed by atoms with van der Waals surface area (Å²) in [7, 11) is 0. The average molecular weight is 369 g/mol. The maximum absolute atomic E-state index is 13.7. The third kappa shape index (κ3) is 3.20. The van der Waals surface area contributed by atoms with E-state index in [1.165, 1.54) is 30.2 Å². The summed E-state index contributed by atoms with van der Waals surface area (Å²) in [6, 6.07) is 8.14. The fourth-order valence-electron chi connectivity index (χ4n) is 2.65. The van der Waals surface area contributed by atoms with Gasteiger partial charge in [0.05, 0.1) is 11.8 Å². The molecule has 0 bridgehead atoms. The predicted molar refractivity (Wildman–Crippen MR) is 96.2 cm³/mol. The Morgan fingerprint density at radius 2 is 2.08 bits per heavy atom. The van der Waals surface area contributed by atoms with Crippen LogP contribution in [0.3, 0.4) is 0 Å². The normalized spacial score (nSPS) is 11.5. The van der Waals surface area contributed by atoms with Crippen molar-refractivity contribution < 1.29 is 8.81 Å². The number of nitrogens with zero attached hydrogens (tertiary/aromatic N) is 5. The van der Waals surface area contributed by atoms with E-state index in [1.54, 1.807) is 12.3 Å². The van der Waals surface area contributed by atoms with Crippen LogP contribution in [-0.4, -0.2) is 24.7 Å². The first-order chi connectivity index (χ1) is 12.6. The SMILES string of the molecule is CC(C)Cn1c(Sc2ncnc3ccc(F)cc23)nnc1-c1ccco1. The van der Waals surface area contributed by atoms with Gasteiger partial charge in [-0.1, -0.05) is 13.8 Å². The van der Waals surface area contributed by atoms with Gasteiger partial charge in [0.25, 0.3) is 0 Å². The highest BCUT2D eigenvalue weighted by Gasteiger charge is 2.19. The molecule has 4 rings (SSSR count). The minimum absolute atomic E-state index is 0.325. The lowest BCUT2D eigenvalue weighted by Gasteiger charge is -2.11. The second-order valence-corrected chi connectivity index (χ2v) is 7.19. The standard InChI is InChI=1S/C18H16FN5OS/c1-11(2)9-24-16(15-4-3-7-25-15)22-23-18(24)26-17-13-8-12(19)5-6-14(13)20-10-21-17/h3-8,10-11H,9H2,1-2H3. The molecule has 8 heteroatoms. The molecule has 26 heavy (non-hydrogen) atoms. The quantitative estimate of drug-likeness (QED) is 0.485. The molecular formula is C18H16FN5OS. The summed E-state index contributed by atoms with van der Waals surface area (Å²) in [6.07, 6.45) is 3.08. The van der Waals surface area contributed by atoms with Crippen molar-refractivity contribution in [3.63, 3.8) is 0 Å². The Hall–Kier alpha value is -2.74. The van der Waals surface area contributed by atoms with E-state index in [-0.39, 0.29) is 5.82 Å². The Morgan fingerprint density at radius 1 is 1.19 bits per heavy atom. The first-order valence-electron chi connectivity index (χ1n) is 8.17. The zero-order valence-corrected chi connectivity index (χ0v) is 15.1. The van der Waals surface area contributed by atoms with Crippen molar-refractivity contribution in [1.82, 2.24) is 24.7 Å². The highest BCUT2D eigenvalue weighted by molar-refractivity contribution is 7.99. The first-order valence-corrected chi connectivity index (χ1v) is 8.98. The van der Waals surface area contributed by atoms with Crippen LogP contribution in [-0.2, 0) is 6.54 Å². The molecule has 0 radical (unpaired) electrons. The van der Waals surface area contributed by atoms with E-state index in [0.717, 1.165) is 6.54 Å². The van der Waals surface area contributed by atoms with Crippen LogP contribution in [0.1, 0.15) is 13.8 Å². The van der Waals surface area contributed by atoms with Crippen LogP contribution in [0.4, 0.5) is 4.39 Å². The predicted octanol–water partition coefficient (Wildman–Crippen LogP) is 4.43. The molecule has 0 atom stereocenters. The van der Waals surface area contributed by atoms with E-state index in [4.69, 9.17) is 4.42 Å². The molecule has 0 spiro atoms. The maximum atomic E-state index is 13.7. The summed E-state index contributed by atoms with van der Waals surface area (Å²) in [6.45, 7) is 4.97. The van der Waals surface area contributed by atoms with Crippen LogP contribution < -0.4 is 0 Å². The van der Waals surface area contributed by atoms with Gasteiger partial charge in [-0.15, -0.1) is 10.2 Å². The fraction of sp³-hybridized carbons (Fsp3) is 0.222. The van der Waals surface area contributed by atoms with E-state index in [1.807, 2.05) is 16.7 Å². The van der Waals surface area contributed by atoms with Crippen LogP contribution >= 0.6 is 11.8 Å². The Morgan fingerprint density at radius 3 is 2.85 bits per heavy atom. The number of fused-ring (bicyclic) bond motifs is 1. The molecule has 0 aliphatic carbocycles. The molecule has 0 amide bonds. The summed E-state index contributed by atoms with van der Waals surface area (Å²) in [5.74, 6) is 1.38. The molecule has 4 aromatic rings. The summed E-state index contributed by atoms with van der Waals surface area (Å²) in [5, 5.41) is 10.6. The molecule has 3 heterocycles. The van der Waals surface area contributed by atoms with Crippen molar-refractivity contribution >= 4 is 22.7 Å². The van der Waals surface area contributed by atoms with Crippen molar-refractivity contribution in [2.45, 2.75) is 30.6 Å². The highest BCUT2D eigenvalue weighted by Crippen LogP contribution is 2.33. The van der Waals surface area contributed by atoms with Gasteiger partial charge in [0.15, 0.2) is 16.7 Å². The zero-order chi connectivity index (χ0) is 18.1. The van der Waals surface area contributed by atoms with Crippen LogP contribution in [0.2, 0.25) is 0 Å². The largest absolute Gasteiger partial charge is 0.461 e. The van der Waals surface area contributed by atoms with Crippen molar-refractivity contribution in [2.75, 3.05) is 0 Å². The maximum Gasteiger partial charge on any atom is 0.200 e. The molecular weight excluding hydrogens is 353 g/mol. The Bertz CT molecular complexity index is 1050. The molecule has 3 aromatic heterocycles. The summed E-state index contributed by atoms with van der Waals surface area (Å²) in [4.78, 5) is 8.51. The number of aromatic nitrogens is 5. The molecule has 0 unspecified atom stereocenters. The molecule has 0 saturated carbocycles. The van der Waals surface area contributed by atoms with Gasteiger partial charge in [0.1, 0.15) is 17.2 Å². The zero-order valence-electron chi connectivity index (χ0n) is 14.3. The van der Waals surface area contributed by atoms with Crippen molar-refractivity contribution in [3.05, 3.63) is 48.7 Å². The van der Waals surface area contributed by atoms with E-state index in [0.29, 0.717) is 38.6 Å². The lowest BCUT2D eigenvalue weighted by molar-refractivity contribution is 0.489. The lowest BCUT2D eigenvalue weighted by atomic mass is 10.2. The second kappa shape index (κ2) is 6.87. The van der Waals surface area contributed by atoms with E-state index < -0.39 is 0 Å². The minimum Gasteiger partial charge on any atom is -0.461 e. The smallest absolute Gasteiger partial charge is 0.200 e. The van der Waals surface area contributed by atoms with Gasteiger partial charge in [-0.2, -0.15) is 0 Å². The Labute approximate surface area is 153 Å². The number of halogens is 1. The molecule has 1 aromatic carbocycles. The van der Waals surface area contributed by atoms with Crippen LogP contribution in [0.15, 0.2) is 57.5 Å². The van der Waals surface area contributed by atoms with Crippen molar-refractivity contribution in [3.8, 4) is 11.6 Å².